The van der Waals surface area contributed by atoms with Gasteiger partial charge in [0.15, 0.2) is 6.10 Å². The molecule has 0 aromatic carbocycles. The number of ether oxygens (including phenoxy) is 4. The molecule has 0 spiro atoms. The lowest BCUT2D eigenvalue weighted by Gasteiger charge is -2.39. The van der Waals surface area contributed by atoms with Crippen molar-refractivity contribution in [3.05, 3.63) is 22.3 Å². The smallest absolute Gasteiger partial charge is 0.373 e. The summed E-state index contributed by atoms with van der Waals surface area (Å²) in [5, 5.41) is 3.68. The summed E-state index contributed by atoms with van der Waals surface area (Å²) in [5.41, 5.74) is 8.83. The van der Waals surface area contributed by atoms with Crippen LogP contribution in [0.15, 0.2) is 16.9 Å². The third-order valence-corrected chi connectivity index (χ3v) is 4.02. The minimum Gasteiger partial charge on any atom is -0.479 e. The molecular weight excluding hydrogens is 358 g/mol. The van der Waals surface area contributed by atoms with Crippen LogP contribution in [0.5, 0.6) is 0 Å². The van der Waals surface area contributed by atoms with Gasteiger partial charge in [-0.2, -0.15) is 0 Å². The number of nitrogens with zero attached hydrogens (tertiary/aromatic N) is 3. The first-order valence-corrected chi connectivity index (χ1v) is 8.69. The van der Waals surface area contributed by atoms with Gasteiger partial charge in [-0.25, -0.2) is 4.79 Å². The Balaban J connectivity index is 3.30. The zero-order valence-corrected chi connectivity index (χ0v) is 16.1. The predicted molar refractivity (Wildman–Crippen MR) is 93.1 cm³/mol. The van der Waals surface area contributed by atoms with Crippen LogP contribution in [-0.2, 0) is 33.3 Å². The van der Waals surface area contributed by atoms with Crippen LogP contribution in [0.1, 0.15) is 41.0 Å². The van der Waals surface area contributed by atoms with Crippen LogP contribution in [0, 0.1) is 5.92 Å². The lowest BCUT2D eigenvalue weighted by molar-refractivity contribution is -0.183. The maximum absolute atomic E-state index is 12.1. The Morgan fingerprint density at radius 3 is 2.37 bits per heavy atom. The third kappa shape index (κ3) is 6.18. The summed E-state index contributed by atoms with van der Waals surface area (Å²) in [6, 6.07) is -0.735. The maximum atomic E-state index is 12.1. The van der Waals surface area contributed by atoms with Crippen molar-refractivity contribution in [3.63, 3.8) is 0 Å². The minimum atomic E-state index is -0.999. The van der Waals surface area contributed by atoms with E-state index in [4.69, 9.17) is 24.5 Å². The third-order valence-electron chi connectivity index (χ3n) is 4.02. The van der Waals surface area contributed by atoms with E-state index in [-0.39, 0.29) is 12.4 Å². The number of hydrogen-bond donors (Lipinski definition) is 0. The van der Waals surface area contributed by atoms with Gasteiger partial charge in [0.2, 0.25) is 5.76 Å². The van der Waals surface area contributed by atoms with Crippen LogP contribution in [-0.4, -0.2) is 48.9 Å². The zero-order valence-electron chi connectivity index (χ0n) is 16.1. The van der Waals surface area contributed by atoms with Gasteiger partial charge in [0.1, 0.15) is 12.2 Å². The van der Waals surface area contributed by atoms with Gasteiger partial charge in [-0.15, -0.1) is 0 Å². The van der Waals surface area contributed by atoms with Gasteiger partial charge in [0.25, 0.3) is 0 Å². The van der Waals surface area contributed by atoms with E-state index in [0.29, 0.717) is 6.42 Å². The van der Waals surface area contributed by atoms with Gasteiger partial charge in [-0.1, -0.05) is 19.0 Å². The molecule has 10 heteroatoms. The molecule has 10 nitrogen and oxygen atoms in total. The summed E-state index contributed by atoms with van der Waals surface area (Å²) in [5.74, 6) is -2.49. The van der Waals surface area contributed by atoms with Crippen LogP contribution in [0.2, 0.25) is 0 Å². The number of hydrogen-bond acceptors (Lipinski definition) is 8. The number of azide groups is 1. The number of carbonyl (C=O) groups excluding carboxylic acids is 3. The fraction of sp³-hybridized carbons (Fsp3) is 0.706. The lowest BCUT2D eigenvalue weighted by Crippen LogP contribution is -2.51. The van der Waals surface area contributed by atoms with Gasteiger partial charge >= 0.3 is 17.9 Å². The normalized spacial score (nSPS) is 23.6. The van der Waals surface area contributed by atoms with Gasteiger partial charge in [-0.05, 0) is 25.0 Å². The molecule has 1 aliphatic heterocycles. The largest absolute Gasteiger partial charge is 0.479 e. The van der Waals surface area contributed by atoms with Crippen molar-refractivity contribution in [2.75, 3.05) is 6.61 Å². The van der Waals surface area contributed by atoms with E-state index in [0.717, 1.165) is 0 Å². The first kappa shape index (κ1) is 22.3. The fourth-order valence-electron chi connectivity index (χ4n) is 2.82. The summed E-state index contributed by atoms with van der Waals surface area (Å²) < 4.78 is 21.3. The summed E-state index contributed by atoms with van der Waals surface area (Å²) in [6.45, 7) is 7.70. The molecule has 27 heavy (non-hydrogen) atoms. The van der Waals surface area contributed by atoms with E-state index < -0.39 is 48.2 Å². The molecule has 1 heterocycles. The lowest BCUT2D eigenvalue weighted by atomic mass is 9.87. The molecule has 0 fully saturated rings. The molecule has 5 atom stereocenters. The number of carbonyl (C=O) groups is 3. The highest BCUT2D eigenvalue weighted by atomic mass is 16.6. The van der Waals surface area contributed by atoms with E-state index >= 15 is 0 Å². The van der Waals surface area contributed by atoms with E-state index in [2.05, 4.69) is 10.0 Å². The van der Waals surface area contributed by atoms with Crippen LogP contribution >= 0.6 is 0 Å². The molecule has 0 aromatic heterocycles. The molecule has 0 bridgehead atoms. The molecule has 0 radical (unpaired) electrons. The second kappa shape index (κ2) is 10.4. The van der Waals surface area contributed by atoms with Crippen molar-refractivity contribution in [3.8, 4) is 0 Å². The molecule has 3 unspecified atom stereocenters. The predicted octanol–water partition coefficient (Wildman–Crippen LogP) is 2.42. The van der Waals surface area contributed by atoms with Gasteiger partial charge in [-0.3, -0.25) is 9.59 Å². The Kier molecular flexibility index (Phi) is 8.61. The Morgan fingerprint density at radius 1 is 1.26 bits per heavy atom. The molecule has 0 saturated carbocycles. The molecule has 0 aromatic rings. The molecule has 0 amide bonds. The molecule has 0 saturated heterocycles. The maximum Gasteiger partial charge on any atom is 0.373 e. The second-order valence-electron chi connectivity index (χ2n) is 6.02. The van der Waals surface area contributed by atoms with Crippen LogP contribution in [0.4, 0.5) is 0 Å². The second-order valence-corrected chi connectivity index (χ2v) is 6.02. The topological polar surface area (TPSA) is 137 Å². The fourth-order valence-corrected chi connectivity index (χ4v) is 2.82. The van der Waals surface area contributed by atoms with E-state index in [1.54, 1.807) is 20.8 Å². The molecule has 1 aliphatic rings. The monoisotopic (exact) mass is 383 g/mol. The van der Waals surface area contributed by atoms with Crippen molar-refractivity contribution >= 4 is 17.9 Å². The van der Waals surface area contributed by atoms with Crippen molar-refractivity contribution in [1.29, 1.82) is 0 Å². The SMILES string of the molecule is CCOC(=O)C1=CC(N=[N+]=[N-])C(C)C([C@H](OC(C)=O)[C@@H](CC)OC(C)=O)O1. The Labute approximate surface area is 157 Å². The average Bonchev–Trinajstić information content (AvgIpc) is 2.59. The van der Waals surface area contributed by atoms with Crippen LogP contribution in [0.3, 0.4) is 0 Å². The Morgan fingerprint density at radius 2 is 1.89 bits per heavy atom. The highest BCUT2D eigenvalue weighted by Gasteiger charge is 2.44. The quantitative estimate of drug-likeness (QED) is 0.206. The van der Waals surface area contributed by atoms with E-state index in [9.17, 15) is 14.4 Å². The van der Waals surface area contributed by atoms with Crippen LogP contribution < -0.4 is 0 Å². The highest BCUT2D eigenvalue weighted by Crippen LogP contribution is 2.32. The molecule has 0 aliphatic carbocycles. The van der Waals surface area contributed by atoms with Crippen molar-refractivity contribution in [1.82, 2.24) is 0 Å². The number of esters is 3. The summed E-state index contributed by atoms with van der Waals surface area (Å²) in [7, 11) is 0. The molecular formula is C17H25N3O7. The first-order valence-electron chi connectivity index (χ1n) is 8.69. The van der Waals surface area contributed by atoms with Crippen molar-refractivity contribution in [2.24, 2.45) is 11.0 Å². The van der Waals surface area contributed by atoms with E-state index in [1.165, 1.54) is 19.9 Å². The number of rotatable bonds is 8. The van der Waals surface area contributed by atoms with E-state index in [1.807, 2.05) is 0 Å². The minimum absolute atomic E-state index is 0.129. The molecule has 0 N–H and O–H groups in total. The van der Waals surface area contributed by atoms with Gasteiger partial charge in [0, 0.05) is 24.7 Å². The average molecular weight is 383 g/mol. The first-order chi connectivity index (χ1) is 12.7. The molecule has 150 valence electrons. The highest BCUT2D eigenvalue weighted by molar-refractivity contribution is 5.86. The van der Waals surface area contributed by atoms with Gasteiger partial charge < -0.3 is 18.9 Å². The summed E-state index contributed by atoms with van der Waals surface area (Å²) >= 11 is 0. The zero-order chi connectivity index (χ0) is 20.6. The van der Waals surface area contributed by atoms with Crippen LogP contribution in [0.25, 0.3) is 10.4 Å². The van der Waals surface area contributed by atoms with Gasteiger partial charge in [0.05, 0.1) is 12.6 Å². The van der Waals surface area contributed by atoms with Crippen molar-refractivity contribution < 1.29 is 33.3 Å². The summed E-state index contributed by atoms with van der Waals surface area (Å²) in [6.07, 6.45) is -0.975. The molecule has 1 rings (SSSR count). The summed E-state index contributed by atoms with van der Waals surface area (Å²) in [4.78, 5) is 38.0. The van der Waals surface area contributed by atoms with Crippen molar-refractivity contribution in [2.45, 2.75) is 65.4 Å². The Bertz CT molecular complexity index is 642. The Hall–Kier alpha value is -2.74. The standard InChI is InChI=1S/C17H25N3O7/c1-6-13(25-10(4)21)16(26-11(5)22)15-9(3)12(19-20-18)8-14(27-15)17(23)24-7-2/h8-9,12-13,15-16H,6-7H2,1-5H3/t9?,12?,13-,15?,16-/m1/s1.